The third kappa shape index (κ3) is 3.24. The molecule has 2 nitrogen and oxygen atoms in total. The molecule has 19 heavy (non-hydrogen) atoms. The summed E-state index contributed by atoms with van der Waals surface area (Å²) in [6.45, 7) is 0.814. The van der Waals surface area contributed by atoms with E-state index in [0.717, 1.165) is 32.2 Å². The van der Waals surface area contributed by atoms with Crippen molar-refractivity contribution >= 4 is 0 Å². The van der Waals surface area contributed by atoms with Gasteiger partial charge in [0.1, 0.15) is 0 Å². The molecule has 0 heterocycles. The van der Waals surface area contributed by atoms with Crippen molar-refractivity contribution in [3.8, 4) is 0 Å². The number of halogens is 3. The van der Waals surface area contributed by atoms with E-state index in [4.69, 9.17) is 0 Å². The highest BCUT2D eigenvalue weighted by atomic mass is 19.4. The van der Waals surface area contributed by atoms with Crippen LogP contribution in [0.1, 0.15) is 44.9 Å². The van der Waals surface area contributed by atoms with Crippen molar-refractivity contribution in [2.75, 3.05) is 6.54 Å². The van der Waals surface area contributed by atoms with E-state index in [9.17, 15) is 18.3 Å². The molecular formula is C14H22F3NO. The van der Waals surface area contributed by atoms with Crippen LogP contribution in [0.4, 0.5) is 13.2 Å². The summed E-state index contributed by atoms with van der Waals surface area (Å²) in [5.74, 6) is -0.635. The monoisotopic (exact) mass is 277 g/mol. The van der Waals surface area contributed by atoms with Crippen LogP contribution in [0.25, 0.3) is 0 Å². The van der Waals surface area contributed by atoms with Crippen LogP contribution in [-0.4, -0.2) is 40.9 Å². The molecule has 110 valence electrons. The lowest BCUT2D eigenvalue weighted by molar-refractivity contribution is -0.206. The molecule has 0 amide bonds. The highest BCUT2D eigenvalue weighted by molar-refractivity contribution is 4.98. The zero-order valence-electron chi connectivity index (χ0n) is 11.1. The minimum Gasteiger partial charge on any atom is -0.393 e. The molecule has 3 fully saturated rings. The van der Waals surface area contributed by atoms with Crippen LogP contribution in [0, 0.1) is 11.8 Å². The molecule has 3 aliphatic carbocycles. The zero-order chi connectivity index (χ0) is 13.6. The normalized spacial score (nSPS) is 36.8. The van der Waals surface area contributed by atoms with Gasteiger partial charge in [-0.15, -0.1) is 0 Å². The number of aliphatic hydroxyl groups excluding tert-OH is 1. The summed E-state index contributed by atoms with van der Waals surface area (Å²) in [7, 11) is 0. The van der Waals surface area contributed by atoms with Crippen molar-refractivity contribution in [3.05, 3.63) is 0 Å². The Morgan fingerprint density at radius 3 is 2.21 bits per heavy atom. The van der Waals surface area contributed by atoms with Crippen molar-refractivity contribution in [3.63, 3.8) is 0 Å². The van der Waals surface area contributed by atoms with Gasteiger partial charge >= 0.3 is 6.18 Å². The third-order valence-electron chi connectivity index (χ3n) is 4.82. The van der Waals surface area contributed by atoms with E-state index in [-0.39, 0.29) is 6.42 Å². The fourth-order valence-corrected chi connectivity index (χ4v) is 3.43. The van der Waals surface area contributed by atoms with E-state index in [1.54, 1.807) is 0 Å². The second kappa shape index (κ2) is 4.92. The molecule has 1 N–H and O–H groups in total. The number of aliphatic hydroxyl groups is 1. The summed E-state index contributed by atoms with van der Waals surface area (Å²) < 4.78 is 39.6. The van der Waals surface area contributed by atoms with E-state index in [1.165, 1.54) is 0 Å². The summed E-state index contributed by atoms with van der Waals surface area (Å²) in [4.78, 5) is 2.10. The first-order chi connectivity index (χ1) is 8.95. The van der Waals surface area contributed by atoms with Crippen molar-refractivity contribution in [1.82, 2.24) is 4.90 Å². The molecule has 0 saturated heterocycles. The number of rotatable bonds is 4. The molecule has 0 bridgehead atoms. The molecule has 5 heteroatoms. The Morgan fingerprint density at radius 2 is 1.68 bits per heavy atom. The maximum Gasteiger partial charge on any atom is 0.393 e. The average Bonchev–Trinajstić information content (AvgIpc) is 3.17. The Kier molecular flexibility index (Phi) is 3.54. The highest BCUT2D eigenvalue weighted by Gasteiger charge is 2.51. The maximum absolute atomic E-state index is 13.2. The first kappa shape index (κ1) is 13.7. The van der Waals surface area contributed by atoms with Gasteiger partial charge in [-0.25, -0.2) is 0 Å². The molecule has 0 spiro atoms. The van der Waals surface area contributed by atoms with E-state index in [0.29, 0.717) is 24.8 Å². The second-order valence-corrected chi connectivity index (χ2v) is 6.55. The number of nitrogens with zero attached hydrogens (tertiary/aromatic N) is 1. The standard InChI is InChI=1S/C14H22F3NO/c15-14(16,17)12-6-5-11(19)7-13(12)18(10-3-4-10)8-9-1-2-9/h9-13,19H,1-8H2. The molecule has 3 aliphatic rings. The Labute approximate surface area is 112 Å². The van der Waals surface area contributed by atoms with Crippen molar-refractivity contribution < 1.29 is 18.3 Å². The second-order valence-electron chi connectivity index (χ2n) is 6.55. The van der Waals surface area contributed by atoms with Crippen molar-refractivity contribution in [2.45, 2.75) is 69.3 Å². The minimum atomic E-state index is -4.12. The lowest BCUT2D eigenvalue weighted by Gasteiger charge is -2.42. The topological polar surface area (TPSA) is 23.5 Å². The predicted molar refractivity (Wildman–Crippen MR) is 65.6 cm³/mol. The molecule has 3 unspecified atom stereocenters. The number of hydrogen-bond acceptors (Lipinski definition) is 2. The van der Waals surface area contributed by atoms with Gasteiger partial charge in [-0.2, -0.15) is 13.2 Å². The first-order valence-corrected chi connectivity index (χ1v) is 7.45. The summed E-state index contributed by atoms with van der Waals surface area (Å²) in [5, 5.41) is 9.77. The number of hydrogen-bond donors (Lipinski definition) is 1. The van der Waals surface area contributed by atoms with Gasteiger partial charge in [-0.1, -0.05) is 0 Å². The number of alkyl halides is 3. The first-order valence-electron chi connectivity index (χ1n) is 7.45. The largest absolute Gasteiger partial charge is 0.393 e. The molecule has 0 aromatic rings. The van der Waals surface area contributed by atoms with Crippen LogP contribution in [0.15, 0.2) is 0 Å². The van der Waals surface area contributed by atoms with E-state index in [1.807, 2.05) is 0 Å². The zero-order valence-corrected chi connectivity index (χ0v) is 11.1. The SMILES string of the molecule is OC1CCC(C(F)(F)F)C(N(CC2CC2)C2CC2)C1. The molecule has 3 saturated carbocycles. The van der Waals surface area contributed by atoms with Gasteiger partial charge in [-0.05, 0) is 50.9 Å². The smallest absolute Gasteiger partial charge is 0.393 e. The Hall–Kier alpha value is -0.290. The molecule has 0 radical (unpaired) electrons. The summed E-state index contributed by atoms with van der Waals surface area (Å²) in [6.07, 6.45) is 0.392. The van der Waals surface area contributed by atoms with Crippen LogP contribution >= 0.6 is 0 Å². The van der Waals surface area contributed by atoms with Gasteiger partial charge in [0, 0.05) is 18.6 Å². The van der Waals surface area contributed by atoms with E-state index < -0.39 is 24.2 Å². The molecule has 0 aromatic carbocycles. The van der Waals surface area contributed by atoms with Gasteiger partial charge in [0.05, 0.1) is 12.0 Å². The van der Waals surface area contributed by atoms with Crippen molar-refractivity contribution in [2.24, 2.45) is 11.8 Å². The van der Waals surface area contributed by atoms with Crippen LogP contribution in [0.5, 0.6) is 0 Å². The van der Waals surface area contributed by atoms with Gasteiger partial charge in [0.15, 0.2) is 0 Å². The molecular weight excluding hydrogens is 255 g/mol. The lowest BCUT2D eigenvalue weighted by Crippen LogP contribution is -2.52. The molecule has 3 atom stereocenters. The summed E-state index contributed by atoms with van der Waals surface area (Å²) in [6, 6.07) is -0.141. The third-order valence-corrected chi connectivity index (χ3v) is 4.82. The van der Waals surface area contributed by atoms with Gasteiger partial charge < -0.3 is 5.11 Å². The molecule has 3 rings (SSSR count). The van der Waals surface area contributed by atoms with Crippen LogP contribution in [-0.2, 0) is 0 Å². The van der Waals surface area contributed by atoms with Gasteiger partial charge in [-0.3, -0.25) is 4.90 Å². The van der Waals surface area contributed by atoms with Gasteiger partial charge in [0.2, 0.25) is 0 Å². The van der Waals surface area contributed by atoms with Crippen molar-refractivity contribution in [1.29, 1.82) is 0 Å². The molecule has 0 aliphatic heterocycles. The van der Waals surface area contributed by atoms with Crippen LogP contribution < -0.4 is 0 Å². The van der Waals surface area contributed by atoms with E-state index in [2.05, 4.69) is 4.90 Å². The fourth-order valence-electron chi connectivity index (χ4n) is 3.43. The Morgan fingerprint density at radius 1 is 1.00 bits per heavy atom. The van der Waals surface area contributed by atoms with Gasteiger partial charge in [0.25, 0.3) is 0 Å². The molecule has 0 aromatic heterocycles. The summed E-state index contributed by atoms with van der Waals surface area (Å²) >= 11 is 0. The minimum absolute atomic E-state index is 0.0865. The predicted octanol–water partition coefficient (Wildman–Crippen LogP) is 2.95. The highest BCUT2D eigenvalue weighted by Crippen LogP contribution is 2.45. The maximum atomic E-state index is 13.2. The fraction of sp³-hybridized carbons (Fsp3) is 1.00. The van der Waals surface area contributed by atoms with Crippen LogP contribution in [0.3, 0.4) is 0 Å². The summed E-state index contributed by atoms with van der Waals surface area (Å²) in [5.41, 5.74) is 0. The van der Waals surface area contributed by atoms with Crippen LogP contribution in [0.2, 0.25) is 0 Å². The Bertz CT molecular complexity index is 325. The lowest BCUT2D eigenvalue weighted by atomic mass is 9.81. The van der Waals surface area contributed by atoms with E-state index >= 15 is 0 Å². The quantitative estimate of drug-likeness (QED) is 0.854. The Balaban J connectivity index is 1.75. The average molecular weight is 277 g/mol.